The zero-order valence-corrected chi connectivity index (χ0v) is 10.3. The van der Waals surface area contributed by atoms with Crippen molar-refractivity contribution in [2.45, 2.75) is 33.4 Å². The summed E-state index contributed by atoms with van der Waals surface area (Å²) in [6, 6.07) is 5.94. The second kappa shape index (κ2) is 5.38. The van der Waals surface area contributed by atoms with E-state index in [0.717, 1.165) is 18.7 Å². The van der Waals surface area contributed by atoms with Gasteiger partial charge in [-0.2, -0.15) is 0 Å². The number of rotatable bonds is 4. The van der Waals surface area contributed by atoms with Crippen molar-refractivity contribution in [3.05, 3.63) is 28.8 Å². The van der Waals surface area contributed by atoms with Gasteiger partial charge in [-0.25, -0.2) is 0 Å². The first-order valence-electron chi connectivity index (χ1n) is 5.26. The lowest BCUT2D eigenvalue weighted by Crippen LogP contribution is -2.29. The summed E-state index contributed by atoms with van der Waals surface area (Å²) in [5.41, 5.74) is 0.887. The van der Waals surface area contributed by atoms with E-state index in [-0.39, 0.29) is 5.75 Å². The van der Waals surface area contributed by atoms with Gasteiger partial charge in [-0.3, -0.25) is 4.90 Å². The Hall–Kier alpha value is -0.730. The third-order valence-electron chi connectivity index (χ3n) is 2.58. The molecule has 0 amide bonds. The van der Waals surface area contributed by atoms with E-state index in [1.54, 1.807) is 6.07 Å². The third-order valence-corrected chi connectivity index (χ3v) is 2.89. The number of para-hydroxylation sites is 1. The molecular formula is C12H18ClNO. The van der Waals surface area contributed by atoms with Crippen LogP contribution >= 0.6 is 11.6 Å². The third kappa shape index (κ3) is 3.11. The van der Waals surface area contributed by atoms with E-state index in [1.807, 2.05) is 12.1 Å². The minimum absolute atomic E-state index is 0.207. The lowest BCUT2D eigenvalue weighted by atomic mass is 10.1. The zero-order valence-electron chi connectivity index (χ0n) is 9.50. The average molecular weight is 228 g/mol. The molecular weight excluding hydrogens is 210 g/mol. The Labute approximate surface area is 96.5 Å². The Morgan fingerprint density at radius 2 is 2.07 bits per heavy atom. The Bertz CT molecular complexity index is 325. The molecule has 0 saturated heterocycles. The molecule has 1 aromatic carbocycles. The molecule has 0 aliphatic rings. The summed E-state index contributed by atoms with van der Waals surface area (Å²) >= 11 is 5.85. The molecule has 0 radical (unpaired) electrons. The van der Waals surface area contributed by atoms with Crippen LogP contribution < -0.4 is 0 Å². The molecule has 1 rings (SSSR count). The summed E-state index contributed by atoms with van der Waals surface area (Å²) in [4.78, 5) is 2.27. The van der Waals surface area contributed by atoms with E-state index in [1.165, 1.54) is 0 Å². The SMILES string of the molecule is CCN(Cc1cccc(Cl)c1O)C(C)C. The molecule has 0 saturated carbocycles. The van der Waals surface area contributed by atoms with Crippen molar-refractivity contribution < 1.29 is 5.11 Å². The number of nitrogens with zero attached hydrogens (tertiary/aromatic N) is 1. The average Bonchev–Trinajstić information content (AvgIpc) is 2.19. The van der Waals surface area contributed by atoms with Crippen molar-refractivity contribution in [1.29, 1.82) is 0 Å². The fourth-order valence-electron chi connectivity index (χ4n) is 1.57. The zero-order chi connectivity index (χ0) is 11.4. The number of hydrogen-bond acceptors (Lipinski definition) is 2. The lowest BCUT2D eigenvalue weighted by molar-refractivity contribution is 0.222. The van der Waals surface area contributed by atoms with Gasteiger partial charge in [0.1, 0.15) is 5.75 Å². The fraction of sp³-hybridized carbons (Fsp3) is 0.500. The number of aromatic hydroxyl groups is 1. The Kier molecular flexibility index (Phi) is 4.43. The largest absolute Gasteiger partial charge is 0.506 e. The summed E-state index contributed by atoms with van der Waals surface area (Å²) in [6.45, 7) is 8.10. The van der Waals surface area contributed by atoms with Crippen molar-refractivity contribution in [2.75, 3.05) is 6.54 Å². The quantitative estimate of drug-likeness (QED) is 0.854. The predicted molar refractivity (Wildman–Crippen MR) is 64.3 cm³/mol. The van der Waals surface area contributed by atoms with Crippen LogP contribution in [-0.2, 0) is 6.54 Å². The lowest BCUT2D eigenvalue weighted by Gasteiger charge is -2.25. The van der Waals surface area contributed by atoms with Crippen LogP contribution in [0.15, 0.2) is 18.2 Å². The van der Waals surface area contributed by atoms with Crippen LogP contribution in [0.25, 0.3) is 0 Å². The molecule has 3 heteroatoms. The highest BCUT2D eigenvalue weighted by molar-refractivity contribution is 6.32. The second-order valence-corrected chi connectivity index (χ2v) is 4.31. The molecule has 0 bridgehead atoms. The predicted octanol–water partition coefficient (Wildman–Crippen LogP) is 3.28. The Balaban J connectivity index is 2.84. The molecule has 0 aromatic heterocycles. The van der Waals surface area contributed by atoms with E-state index in [4.69, 9.17) is 11.6 Å². The molecule has 84 valence electrons. The van der Waals surface area contributed by atoms with Crippen LogP contribution in [-0.4, -0.2) is 22.6 Å². The van der Waals surface area contributed by atoms with Gasteiger partial charge in [-0.05, 0) is 26.5 Å². The van der Waals surface area contributed by atoms with E-state index in [9.17, 15) is 5.11 Å². The molecule has 0 aliphatic carbocycles. The van der Waals surface area contributed by atoms with Crippen molar-refractivity contribution >= 4 is 11.6 Å². The number of halogens is 1. The summed E-state index contributed by atoms with van der Waals surface area (Å²) in [6.07, 6.45) is 0. The van der Waals surface area contributed by atoms with Crippen LogP contribution in [0.1, 0.15) is 26.3 Å². The second-order valence-electron chi connectivity index (χ2n) is 3.90. The van der Waals surface area contributed by atoms with Gasteiger partial charge in [0.05, 0.1) is 5.02 Å². The van der Waals surface area contributed by atoms with E-state index >= 15 is 0 Å². The van der Waals surface area contributed by atoms with Gasteiger partial charge < -0.3 is 5.11 Å². The molecule has 0 fully saturated rings. The topological polar surface area (TPSA) is 23.5 Å². The van der Waals surface area contributed by atoms with E-state index in [2.05, 4.69) is 25.7 Å². The molecule has 0 unspecified atom stereocenters. The maximum Gasteiger partial charge on any atom is 0.138 e. The number of hydrogen-bond donors (Lipinski definition) is 1. The van der Waals surface area contributed by atoms with Gasteiger partial charge in [-0.1, -0.05) is 30.7 Å². The van der Waals surface area contributed by atoms with Crippen LogP contribution in [0.3, 0.4) is 0 Å². The van der Waals surface area contributed by atoms with Crippen LogP contribution in [0.2, 0.25) is 5.02 Å². The number of benzene rings is 1. The molecule has 2 nitrogen and oxygen atoms in total. The van der Waals surface area contributed by atoms with Gasteiger partial charge in [0.2, 0.25) is 0 Å². The molecule has 0 aliphatic heterocycles. The van der Waals surface area contributed by atoms with Gasteiger partial charge in [0.25, 0.3) is 0 Å². The normalized spacial score (nSPS) is 11.3. The highest BCUT2D eigenvalue weighted by Crippen LogP contribution is 2.28. The first kappa shape index (κ1) is 12.3. The smallest absolute Gasteiger partial charge is 0.138 e. The maximum atomic E-state index is 9.77. The first-order chi connectivity index (χ1) is 7.06. The molecule has 1 aromatic rings. The van der Waals surface area contributed by atoms with Crippen molar-refractivity contribution in [3.63, 3.8) is 0 Å². The van der Waals surface area contributed by atoms with Gasteiger partial charge >= 0.3 is 0 Å². The summed E-state index contributed by atoms with van der Waals surface area (Å²) in [5, 5.41) is 10.2. The summed E-state index contributed by atoms with van der Waals surface area (Å²) in [5.74, 6) is 0.207. The van der Waals surface area contributed by atoms with Crippen LogP contribution in [0, 0.1) is 0 Å². The minimum Gasteiger partial charge on any atom is -0.506 e. The summed E-state index contributed by atoms with van der Waals surface area (Å²) in [7, 11) is 0. The van der Waals surface area contributed by atoms with Crippen molar-refractivity contribution in [3.8, 4) is 5.75 Å². The standard InChI is InChI=1S/C12H18ClNO/c1-4-14(9(2)3)8-10-6-5-7-11(13)12(10)15/h5-7,9,15H,4,8H2,1-3H3. The van der Waals surface area contributed by atoms with Crippen LogP contribution in [0.5, 0.6) is 5.75 Å². The van der Waals surface area contributed by atoms with E-state index < -0.39 is 0 Å². The van der Waals surface area contributed by atoms with Crippen molar-refractivity contribution in [2.24, 2.45) is 0 Å². The maximum absolute atomic E-state index is 9.77. The Morgan fingerprint density at radius 1 is 1.40 bits per heavy atom. The number of phenolic OH excluding ortho intramolecular Hbond substituents is 1. The fourth-order valence-corrected chi connectivity index (χ4v) is 1.76. The molecule has 1 N–H and O–H groups in total. The van der Waals surface area contributed by atoms with E-state index in [0.29, 0.717) is 11.1 Å². The van der Waals surface area contributed by atoms with Gasteiger partial charge in [0, 0.05) is 18.2 Å². The Morgan fingerprint density at radius 3 is 2.60 bits per heavy atom. The highest BCUT2D eigenvalue weighted by atomic mass is 35.5. The summed E-state index contributed by atoms with van der Waals surface area (Å²) < 4.78 is 0. The first-order valence-corrected chi connectivity index (χ1v) is 5.64. The molecule has 15 heavy (non-hydrogen) atoms. The van der Waals surface area contributed by atoms with Gasteiger partial charge in [-0.15, -0.1) is 0 Å². The molecule has 0 spiro atoms. The molecule has 0 atom stereocenters. The molecule has 0 heterocycles. The van der Waals surface area contributed by atoms with Gasteiger partial charge in [0.15, 0.2) is 0 Å². The van der Waals surface area contributed by atoms with Crippen LogP contribution in [0.4, 0.5) is 0 Å². The minimum atomic E-state index is 0.207. The van der Waals surface area contributed by atoms with Crippen molar-refractivity contribution in [1.82, 2.24) is 4.90 Å². The highest BCUT2D eigenvalue weighted by Gasteiger charge is 2.11. The monoisotopic (exact) mass is 227 g/mol. The number of phenols is 1.